The van der Waals surface area contributed by atoms with Crippen LogP contribution in [0.2, 0.25) is 0 Å². The van der Waals surface area contributed by atoms with Crippen molar-refractivity contribution in [3.63, 3.8) is 0 Å². The summed E-state index contributed by atoms with van der Waals surface area (Å²) in [5.41, 5.74) is 2.58. The van der Waals surface area contributed by atoms with Gasteiger partial charge in [-0.2, -0.15) is 13.2 Å². The van der Waals surface area contributed by atoms with Crippen LogP contribution < -0.4 is 14.8 Å². The van der Waals surface area contributed by atoms with Crippen LogP contribution in [0.1, 0.15) is 28.7 Å². The molecule has 1 aliphatic heterocycles. The van der Waals surface area contributed by atoms with Gasteiger partial charge in [0.1, 0.15) is 5.25 Å². The van der Waals surface area contributed by atoms with Crippen LogP contribution in [-0.2, 0) is 22.2 Å². The summed E-state index contributed by atoms with van der Waals surface area (Å²) in [6, 6.07) is 15.6. The number of nitrogens with one attached hydrogen (secondary N) is 1. The number of halogens is 3. The Kier molecular flexibility index (Phi) is 9.27. The molecule has 11 heteroatoms. The number of hydrogen-bond acceptors (Lipinski definition) is 6. The van der Waals surface area contributed by atoms with Crippen molar-refractivity contribution in [1.82, 2.24) is 4.90 Å². The number of ether oxygens (including phenoxy) is 2. The molecular weight excluding hydrogens is 555 g/mol. The normalized spacial score (nSPS) is 16.6. The monoisotopic (exact) mass is 585 g/mol. The topological polar surface area (TPSA) is 80.2 Å². The summed E-state index contributed by atoms with van der Waals surface area (Å²) in [7, 11) is 3.06. The van der Waals surface area contributed by atoms with Gasteiger partial charge in [0.2, 0.25) is 11.8 Å². The van der Waals surface area contributed by atoms with Gasteiger partial charge in [0.05, 0.1) is 25.5 Å². The first-order chi connectivity index (χ1) is 19.5. The van der Waals surface area contributed by atoms with E-state index < -0.39 is 17.0 Å². The molecule has 3 aromatic carbocycles. The standard InChI is InChI=1S/C30H30F3N3O4S/c1-18-8-10-23(19(2)14-18)35-28(38)26-17-27(37)36(13-12-20-9-11-24(39-3)25(15-20)40-4)29(41-26)34-22-7-5-6-21(16-22)30(31,32)33/h5-11,14-16,26H,12-13,17H2,1-4H3,(H,35,38). The first-order valence-electron chi connectivity index (χ1n) is 12.8. The van der Waals surface area contributed by atoms with Crippen LogP contribution >= 0.6 is 11.8 Å². The molecule has 1 heterocycles. The van der Waals surface area contributed by atoms with Gasteiger partial charge in [-0.15, -0.1) is 0 Å². The molecule has 7 nitrogen and oxygen atoms in total. The second-order valence-electron chi connectivity index (χ2n) is 9.55. The molecule has 1 saturated heterocycles. The van der Waals surface area contributed by atoms with Crippen LogP contribution in [-0.4, -0.2) is 47.9 Å². The molecule has 2 amide bonds. The van der Waals surface area contributed by atoms with Crippen molar-refractivity contribution in [3.05, 3.63) is 82.9 Å². The predicted octanol–water partition coefficient (Wildman–Crippen LogP) is 6.54. The Labute approximate surface area is 240 Å². The molecule has 1 unspecified atom stereocenters. The van der Waals surface area contributed by atoms with E-state index in [4.69, 9.17) is 9.47 Å². The van der Waals surface area contributed by atoms with Crippen molar-refractivity contribution >= 4 is 40.1 Å². The predicted molar refractivity (Wildman–Crippen MR) is 154 cm³/mol. The summed E-state index contributed by atoms with van der Waals surface area (Å²) >= 11 is 1.05. The first kappa shape index (κ1) is 30.0. The number of hydrogen-bond donors (Lipinski definition) is 1. The molecule has 41 heavy (non-hydrogen) atoms. The lowest BCUT2D eigenvalue weighted by molar-refractivity contribution is -0.137. The van der Waals surface area contributed by atoms with E-state index in [0.717, 1.165) is 40.6 Å². The van der Waals surface area contributed by atoms with Gasteiger partial charge in [-0.05, 0) is 67.8 Å². The lowest BCUT2D eigenvalue weighted by Crippen LogP contribution is -2.46. The minimum Gasteiger partial charge on any atom is -0.493 e. The van der Waals surface area contributed by atoms with Crippen LogP contribution in [0, 0.1) is 13.8 Å². The quantitative estimate of drug-likeness (QED) is 0.325. The number of benzene rings is 3. The molecule has 1 fully saturated rings. The fraction of sp³-hybridized carbons (Fsp3) is 0.300. The molecule has 3 aromatic rings. The molecule has 0 saturated carbocycles. The average molecular weight is 586 g/mol. The number of rotatable bonds is 8. The molecule has 1 aliphatic rings. The van der Waals surface area contributed by atoms with E-state index >= 15 is 0 Å². The second kappa shape index (κ2) is 12.7. The van der Waals surface area contributed by atoms with Crippen molar-refractivity contribution in [2.45, 2.75) is 38.1 Å². The SMILES string of the molecule is COc1ccc(CCN2C(=O)CC(C(=O)Nc3ccc(C)cc3C)SC2=Nc2cccc(C(F)(F)F)c2)cc1OC. The number of alkyl halides is 3. The third-order valence-corrected chi connectivity index (χ3v) is 7.73. The number of anilines is 1. The third kappa shape index (κ3) is 7.40. The van der Waals surface area contributed by atoms with Gasteiger partial charge in [0, 0.05) is 18.7 Å². The Morgan fingerprint density at radius 3 is 2.49 bits per heavy atom. The lowest BCUT2D eigenvalue weighted by atomic mass is 10.1. The highest BCUT2D eigenvalue weighted by atomic mass is 32.2. The van der Waals surface area contributed by atoms with E-state index in [9.17, 15) is 22.8 Å². The van der Waals surface area contributed by atoms with Gasteiger partial charge in [-0.1, -0.05) is 41.6 Å². The molecule has 0 bridgehead atoms. The van der Waals surface area contributed by atoms with Gasteiger partial charge in [-0.3, -0.25) is 14.5 Å². The number of carbonyl (C=O) groups excluding carboxylic acids is 2. The second-order valence-corrected chi connectivity index (χ2v) is 10.7. The van der Waals surface area contributed by atoms with Crippen LogP contribution in [0.25, 0.3) is 0 Å². The Morgan fingerprint density at radius 1 is 1.05 bits per heavy atom. The molecule has 0 radical (unpaired) electrons. The minimum atomic E-state index is -4.55. The van der Waals surface area contributed by atoms with E-state index in [2.05, 4.69) is 10.3 Å². The van der Waals surface area contributed by atoms with Crippen LogP contribution in [0.4, 0.5) is 24.5 Å². The fourth-order valence-electron chi connectivity index (χ4n) is 4.37. The molecule has 0 aromatic heterocycles. The summed E-state index contributed by atoms with van der Waals surface area (Å²) in [5.74, 6) is 0.359. The number of thioether (sulfide) groups is 1. The molecule has 4 rings (SSSR count). The number of amidine groups is 1. The maximum Gasteiger partial charge on any atom is 0.416 e. The molecule has 0 aliphatic carbocycles. The molecule has 1 N–H and O–H groups in total. The Hall–Kier alpha value is -3.99. The summed E-state index contributed by atoms with van der Waals surface area (Å²) in [4.78, 5) is 32.4. The van der Waals surface area contributed by atoms with Gasteiger partial charge >= 0.3 is 6.18 Å². The van der Waals surface area contributed by atoms with Crippen LogP contribution in [0.15, 0.2) is 65.7 Å². The highest BCUT2D eigenvalue weighted by Crippen LogP contribution is 2.34. The number of amides is 2. The van der Waals surface area contributed by atoms with E-state index in [1.165, 1.54) is 31.3 Å². The van der Waals surface area contributed by atoms with E-state index in [1.807, 2.05) is 32.0 Å². The maximum absolute atomic E-state index is 13.4. The van der Waals surface area contributed by atoms with Crippen molar-refractivity contribution in [1.29, 1.82) is 0 Å². The summed E-state index contributed by atoms with van der Waals surface area (Å²) < 4.78 is 50.7. The molecular formula is C30H30F3N3O4S. The zero-order valence-corrected chi connectivity index (χ0v) is 23.9. The highest BCUT2D eigenvalue weighted by Gasteiger charge is 2.36. The van der Waals surface area contributed by atoms with Crippen LogP contribution in [0.3, 0.4) is 0 Å². The third-order valence-electron chi connectivity index (χ3n) is 6.54. The summed E-state index contributed by atoms with van der Waals surface area (Å²) in [6.45, 7) is 4.02. The minimum absolute atomic E-state index is 0.0293. The van der Waals surface area contributed by atoms with E-state index in [0.29, 0.717) is 23.6 Å². The van der Waals surface area contributed by atoms with E-state index in [-0.39, 0.29) is 35.6 Å². The molecule has 0 spiro atoms. The number of methoxy groups -OCH3 is 2. The van der Waals surface area contributed by atoms with E-state index in [1.54, 1.807) is 18.2 Å². The lowest BCUT2D eigenvalue weighted by Gasteiger charge is -2.32. The average Bonchev–Trinajstić information content (AvgIpc) is 2.93. The van der Waals surface area contributed by atoms with Crippen LogP contribution in [0.5, 0.6) is 11.5 Å². The summed E-state index contributed by atoms with van der Waals surface area (Å²) in [5, 5.41) is 2.22. The van der Waals surface area contributed by atoms with Crippen molar-refractivity contribution in [3.8, 4) is 11.5 Å². The number of aliphatic imine (C=N–C) groups is 1. The maximum atomic E-state index is 13.4. The zero-order valence-electron chi connectivity index (χ0n) is 23.0. The smallest absolute Gasteiger partial charge is 0.416 e. The number of carbonyl (C=O) groups is 2. The zero-order chi connectivity index (χ0) is 29.7. The Morgan fingerprint density at radius 2 is 1.80 bits per heavy atom. The van der Waals surface area contributed by atoms with Crippen molar-refractivity contribution < 1.29 is 32.2 Å². The molecule has 216 valence electrons. The Bertz CT molecular complexity index is 1480. The number of nitrogens with zero attached hydrogens (tertiary/aromatic N) is 2. The largest absolute Gasteiger partial charge is 0.493 e. The molecule has 1 atom stereocenters. The summed E-state index contributed by atoms with van der Waals surface area (Å²) in [6.07, 6.45) is -4.23. The van der Waals surface area contributed by atoms with Crippen molar-refractivity contribution in [2.24, 2.45) is 4.99 Å². The highest BCUT2D eigenvalue weighted by molar-refractivity contribution is 8.15. The Balaban J connectivity index is 1.61. The van der Waals surface area contributed by atoms with Crippen molar-refractivity contribution in [2.75, 3.05) is 26.1 Å². The van der Waals surface area contributed by atoms with Gasteiger partial charge in [0.25, 0.3) is 0 Å². The fourth-order valence-corrected chi connectivity index (χ4v) is 5.49. The van der Waals surface area contributed by atoms with Gasteiger partial charge in [0.15, 0.2) is 16.7 Å². The number of aryl methyl sites for hydroxylation is 2. The van der Waals surface area contributed by atoms with Gasteiger partial charge < -0.3 is 14.8 Å². The first-order valence-corrected chi connectivity index (χ1v) is 13.7. The van der Waals surface area contributed by atoms with Gasteiger partial charge in [-0.25, -0.2) is 4.99 Å².